The van der Waals surface area contributed by atoms with Gasteiger partial charge in [-0.15, -0.1) is 0 Å². The molecule has 4 aromatic carbocycles. The van der Waals surface area contributed by atoms with Crippen LogP contribution in [0.5, 0.6) is 5.75 Å². The number of ether oxygens (including phenoxy) is 1. The zero-order chi connectivity index (χ0) is 33.3. The van der Waals surface area contributed by atoms with Crippen molar-refractivity contribution in [3.05, 3.63) is 153 Å². The molecule has 2 atom stereocenters. The first-order valence-electron chi connectivity index (χ1n) is 14.2. The molecule has 2 amide bonds. The number of carbonyl (C=O) groups excluding carboxylic acids is 2. The van der Waals surface area contributed by atoms with Crippen LogP contribution in [0.2, 0.25) is 5.02 Å². The van der Waals surface area contributed by atoms with Gasteiger partial charge in [-0.05, 0) is 58.7 Å². The van der Waals surface area contributed by atoms with Crippen LogP contribution >= 0.6 is 11.6 Å². The molecule has 0 aliphatic rings. The molecular weight excluding hydrogens is 644 g/mol. The molecule has 0 radical (unpaired) electrons. The first kappa shape index (κ1) is 32.9. The van der Waals surface area contributed by atoms with Crippen LogP contribution in [0.15, 0.2) is 122 Å². The Labute approximate surface area is 277 Å². The van der Waals surface area contributed by atoms with E-state index >= 15 is 0 Å². The molecule has 1 aromatic heterocycles. The zero-order valence-corrected chi connectivity index (χ0v) is 26.1. The summed E-state index contributed by atoms with van der Waals surface area (Å²) in [6.45, 7) is 0.321. The summed E-state index contributed by atoms with van der Waals surface area (Å²) < 4.78 is 28.9. The third-order valence-corrected chi connectivity index (χ3v) is 8.10. The summed E-state index contributed by atoms with van der Waals surface area (Å²) in [4.78, 5) is 41.4. The van der Waals surface area contributed by atoms with E-state index in [2.05, 4.69) is 10.3 Å². The van der Waals surface area contributed by atoms with Gasteiger partial charge in [-0.2, -0.15) is 0 Å². The highest BCUT2D eigenvalue weighted by Crippen LogP contribution is 2.30. The molecule has 11 nitrogen and oxygen atoms in total. The number of pyridine rings is 1. The largest absolute Gasteiger partial charge is 0.489 e. The van der Waals surface area contributed by atoms with Crippen molar-refractivity contribution in [3.8, 4) is 16.9 Å². The van der Waals surface area contributed by atoms with Crippen molar-refractivity contribution in [2.75, 3.05) is 4.31 Å². The second-order valence-electron chi connectivity index (χ2n) is 10.2. The van der Waals surface area contributed by atoms with Crippen LogP contribution in [0.3, 0.4) is 0 Å². The number of nitro groups is 1. The Morgan fingerprint density at radius 1 is 0.936 bits per heavy atom. The topological polar surface area (TPSA) is 152 Å². The van der Waals surface area contributed by atoms with E-state index in [4.69, 9.17) is 16.3 Å². The lowest BCUT2D eigenvalue weighted by Gasteiger charge is -2.25. The molecule has 238 valence electrons. The van der Waals surface area contributed by atoms with Crippen LogP contribution in [0.1, 0.15) is 21.5 Å². The smallest absolute Gasteiger partial charge is 0.289 e. The van der Waals surface area contributed by atoms with Gasteiger partial charge >= 0.3 is 0 Å². The number of hydrogen-bond donors (Lipinski definition) is 2. The number of carbonyl (C=O) groups is 2. The van der Waals surface area contributed by atoms with Gasteiger partial charge in [0.25, 0.3) is 28.8 Å². The number of anilines is 1. The summed E-state index contributed by atoms with van der Waals surface area (Å²) in [6.07, 6.45) is 2.70. The highest BCUT2D eigenvalue weighted by Gasteiger charge is 2.32. The predicted molar refractivity (Wildman–Crippen MR) is 178 cm³/mol. The SMILES string of the molecule is O=C(N[C@@H](Cc1ccc(OCc2ccc(-c3ccccc3)cc2)cc1)C(=O)N(c1ccc(Cl)c([N+](=O)[O-])c1)S(=O)O)c1cccnc1. The third-order valence-electron chi connectivity index (χ3n) is 7.07. The summed E-state index contributed by atoms with van der Waals surface area (Å²) >= 11 is 2.95. The molecule has 0 aliphatic heterocycles. The van der Waals surface area contributed by atoms with E-state index in [9.17, 15) is 28.5 Å². The number of rotatable bonds is 12. The van der Waals surface area contributed by atoms with Crippen molar-refractivity contribution in [3.63, 3.8) is 0 Å². The van der Waals surface area contributed by atoms with Gasteiger partial charge < -0.3 is 10.1 Å². The Balaban J connectivity index is 1.33. The van der Waals surface area contributed by atoms with Gasteiger partial charge in [0.2, 0.25) is 0 Å². The first-order valence-corrected chi connectivity index (χ1v) is 15.6. The summed E-state index contributed by atoms with van der Waals surface area (Å²) in [6, 6.07) is 29.8. The molecule has 2 N–H and O–H groups in total. The van der Waals surface area contributed by atoms with Crippen LogP contribution in [-0.2, 0) is 29.1 Å². The summed E-state index contributed by atoms with van der Waals surface area (Å²) in [5.74, 6) is -1.07. The van der Waals surface area contributed by atoms with E-state index in [-0.39, 0.29) is 22.7 Å². The quantitative estimate of drug-likeness (QED) is 0.0879. The van der Waals surface area contributed by atoms with Crippen molar-refractivity contribution in [2.24, 2.45) is 0 Å². The highest BCUT2D eigenvalue weighted by molar-refractivity contribution is 7.81. The third kappa shape index (κ3) is 8.44. The number of halogens is 1. The number of nitro benzene ring substituents is 1. The molecule has 0 saturated heterocycles. The zero-order valence-electron chi connectivity index (χ0n) is 24.6. The second kappa shape index (κ2) is 15.2. The van der Waals surface area contributed by atoms with Gasteiger partial charge in [0.05, 0.1) is 16.2 Å². The Kier molecular flexibility index (Phi) is 10.7. The molecule has 0 saturated carbocycles. The van der Waals surface area contributed by atoms with E-state index < -0.39 is 39.7 Å². The van der Waals surface area contributed by atoms with Gasteiger partial charge in [0.15, 0.2) is 0 Å². The van der Waals surface area contributed by atoms with Crippen LogP contribution in [-0.4, -0.2) is 36.5 Å². The van der Waals surface area contributed by atoms with Gasteiger partial charge in [-0.25, -0.2) is 8.51 Å². The normalized spacial score (nSPS) is 12.0. The van der Waals surface area contributed by atoms with E-state index in [0.29, 0.717) is 22.2 Å². The van der Waals surface area contributed by atoms with Crippen molar-refractivity contribution < 1.29 is 28.0 Å². The Morgan fingerprint density at radius 3 is 2.26 bits per heavy atom. The molecule has 5 rings (SSSR count). The number of benzene rings is 4. The lowest BCUT2D eigenvalue weighted by Crippen LogP contribution is -2.50. The van der Waals surface area contributed by atoms with Gasteiger partial charge in [-0.1, -0.05) is 78.3 Å². The lowest BCUT2D eigenvalue weighted by atomic mass is 10.0. The van der Waals surface area contributed by atoms with Crippen LogP contribution in [0.25, 0.3) is 11.1 Å². The monoisotopic (exact) mass is 670 g/mol. The van der Waals surface area contributed by atoms with E-state index in [1.165, 1.54) is 24.5 Å². The van der Waals surface area contributed by atoms with Crippen molar-refractivity contribution in [1.29, 1.82) is 0 Å². The second-order valence-corrected chi connectivity index (χ2v) is 11.5. The Hall–Kier alpha value is -5.43. The maximum atomic E-state index is 13.8. The van der Waals surface area contributed by atoms with Gasteiger partial charge in [0.1, 0.15) is 23.4 Å². The van der Waals surface area contributed by atoms with Crippen molar-refractivity contribution >= 4 is 46.1 Å². The minimum absolute atomic E-state index is 0.0879. The lowest BCUT2D eigenvalue weighted by molar-refractivity contribution is -0.384. The van der Waals surface area contributed by atoms with Crippen LogP contribution < -0.4 is 14.4 Å². The van der Waals surface area contributed by atoms with Crippen LogP contribution in [0.4, 0.5) is 11.4 Å². The average molecular weight is 671 g/mol. The molecule has 1 unspecified atom stereocenters. The number of amides is 2. The number of nitrogens with one attached hydrogen (secondary N) is 1. The van der Waals surface area contributed by atoms with E-state index in [0.717, 1.165) is 28.8 Å². The number of hydrogen-bond acceptors (Lipinski definition) is 7. The Morgan fingerprint density at radius 2 is 1.62 bits per heavy atom. The molecule has 5 aromatic rings. The molecule has 1 heterocycles. The van der Waals surface area contributed by atoms with Crippen molar-refractivity contribution in [2.45, 2.75) is 19.1 Å². The minimum atomic E-state index is -2.95. The van der Waals surface area contributed by atoms with E-state index in [1.807, 2.05) is 54.6 Å². The maximum Gasteiger partial charge on any atom is 0.289 e. The standard InChI is InChI=1S/C34H27ClN4O7S/c35-30-17-14-28(20-32(30)39(42)43)38(47(44)45)34(41)31(37-33(40)27-7-4-18-36-21-27)19-23-10-15-29(16-11-23)46-22-24-8-12-26(13-9-24)25-5-2-1-3-6-25/h1-18,20-21,31H,19,22H2,(H,37,40)(H,44,45)/t31-/m0/s1. The van der Waals surface area contributed by atoms with Crippen molar-refractivity contribution in [1.82, 2.24) is 10.3 Å². The fraction of sp³-hybridized carbons (Fsp3) is 0.0882. The molecule has 0 spiro atoms. The predicted octanol–water partition coefficient (Wildman–Crippen LogP) is 6.40. The number of aromatic nitrogens is 1. The maximum absolute atomic E-state index is 13.8. The molecule has 0 bridgehead atoms. The van der Waals surface area contributed by atoms with E-state index in [1.54, 1.807) is 30.3 Å². The molecule has 0 fully saturated rings. The summed E-state index contributed by atoms with van der Waals surface area (Å²) in [5.41, 5.74) is 3.11. The molecular formula is C34H27ClN4O7S. The van der Waals surface area contributed by atoms with Crippen LogP contribution in [0, 0.1) is 10.1 Å². The first-order chi connectivity index (χ1) is 22.7. The summed E-state index contributed by atoms with van der Waals surface area (Å²) in [7, 11) is 0. The minimum Gasteiger partial charge on any atom is -0.489 e. The summed E-state index contributed by atoms with van der Waals surface area (Å²) in [5, 5.41) is 13.8. The number of nitrogens with zero attached hydrogens (tertiary/aromatic N) is 3. The van der Waals surface area contributed by atoms with Gasteiger partial charge in [-0.3, -0.25) is 29.2 Å². The fourth-order valence-corrected chi connectivity index (χ4v) is 5.45. The Bertz CT molecular complexity index is 1890. The van der Waals surface area contributed by atoms with Gasteiger partial charge in [0, 0.05) is 24.9 Å². The molecule has 0 aliphatic carbocycles. The molecule has 47 heavy (non-hydrogen) atoms. The molecule has 13 heteroatoms. The average Bonchev–Trinajstić information content (AvgIpc) is 3.09. The fourth-order valence-electron chi connectivity index (χ4n) is 4.69. The highest BCUT2D eigenvalue weighted by atomic mass is 35.5.